The summed E-state index contributed by atoms with van der Waals surface area (Å²) >= 11 is 0. The first kappa shape index (κ1) is 18.3. The molecule has 0 aliphatic carbocycles. The van der Waals surface area contributed by atoms with Gasteiger partial charge in [-0.1, -0.05) is 0 Å². The molecule has 2 N–H and O–H groups in total. The zero-order valence-electron chi connectivity index (χ0n) is 16.3. The summed E-state index contributed by atoms with van der Waals surface area (Å²) in [7, 11) is 0. The zero-order valence-corrected chi connectivity index (χ0v) is 16.3. The van der Waals surface area contributed by atoms with E-state index in [4.69, 9.17) is 4.74 Å². The fraction of sp³-hybridized carbons (Fsp3) is 0.571. The summed E-state index contributed by atoms with van der Waals surface area (Å²) in [5.74, 6) is 0.0649. The van der Waals surface area contributed by atoms with Crippen molar-refractivity contribution in [3.05, 3.63) is 30.0 Å². The standard InChI is InChI=1S/C21H30N4O2/c1-15(2)25(17-5-7-22-8-6-17)18-3-4-19-16(13-18)14-20(23-19)21(26)24-9-11-27-12-10-24/h3-4,13-15,17,22-23H,5-12H2,1-2H3. The lowest BCUT2D eigenvalue weighted by Gasteiger charge is -2.39. The van der Waals surface area contributed by atoms with E-state index in [1.807, 2.05) is 11.0 Å². The summed E-state index contributed by atoms with van der Waals surface area (Å²) in [4.78, 5) is 20.5. The number of hydrogen-bond donors (Lipinski definition) is 2. The highest BCUT2D eigenvalue weighted by Crippen LogP contribution is 2.28. The average Bonchev–Trinajstić information content (AvgIpc) is 3.12. The van der Waals surface area contributed by atoms with Crippen LogP contribution in [0.1, 0.15) is 37.2 Å². The number of rotatable bonds is 4. The minimum Gasteiger partial charge on any atom is -0.378 e. The van der Waals surface area contributed by atoms with Crippen LogP contribution in [0.3, 0.4) is 0 Å². The van der Waals surface area contributed by atoms with Crippen LogP contribution in [0.4, 0.5) is 5.69 Å². The molecular weight excluding hydrogens is 340 g/mol. The van der Waals surface area contributed by atoms with Crippen LogP contribution in [-0.2, 0) is 4.74 Å². The molecule has 2 fully saturated rings. The number of H-pyrrole nitrogens is 1. The van der Waals surface area contributed by atoms with Gasteiger partial charge in [0.1, 0.15) is 5.69 Å². The minimum absolute atomic E-state index is 0.0649. The Morgan fingerprint density at radius 2 is 1.93 bits per heavy atom. The Morgan fingerprint density at radius 3 is 2.63 bits per heavy atom. The van der Waals surface area contributed by atoms with Gasteiger partial charge in [-0.15, -0.1) is 0 Å². The summed E-state index contributed by atoms with van der Waals surface area (Å²) in [6.07, 6.45) is 2.34. The largest absolute Gasteiger partial charge is 0.378 e. The number of morpholine rings is 1. The molecule has 27 heavy (non-hydrogen) atoms. The van der Waals surface area contributed by atoms with Gasteiger partial charge >= 0.3 is 0 Å². The summed E-state index contributed by atoms with van der Waals surface area (Å²) in [5.41, 5.74) is 2.93. The number of amides is 1. The van der Waals surface area contributed by atoms with Crippen molar-refractivity contribution in [1.82, 2.24) is 15.2 Å². The Hall–Kier alpha value is -2.05. The van der Waals surface area contributed by atoms with E-state index in [2.05, 4.69) is 47.2 Å². The number of ether oxygens (including phenoxy) is 1. The predicted molar refractivity (Wildman–Crippen MR) is 109 cm³/mol. The molecule has 0 unspecified atom stereocenters. The molecule has 0 saturated carbocycles. The molecule has 4 rings (SSSR count). The maximum atomic E-state index is 12.8. The maximum Gasteiger partial charge on any atom is 0.270 e. The topological polar surface area (TPSA) is 60.6 Å². The highest BCUT2D eigenvalue weighted by atomic mass is 16.5. The van der Waals surface area contributed by atoms with Crippen LogP contribution in [-0.4, -0.2) is 67.3 Å². The van der Waals surface area contributed by atoms with Gasteiger partial charge in [-0.2, -0.15) is 0 Å². The van der Waals surface area contributed by atoms with Gasteiger partial charge in [-0.05, 0) is 64.0 Å². The number of anilines is 1. The number of carbonyl (C=O) groups is 1. The quantitative estimate of drug-likeness (QED) is 0.869. The van der Waals surface area contributed by atoms with Crippen molar-refractivity contribution in [1.29, 1.82) is 0 Å². The highest BCUT2D eigenvalue weighted by Gasteiger charge is 2.24. The van der Waals surface area contributed by atoms with Gasteiger partial charge in [0.15, 0.2) is 0 Å². The number of nitrogens with one attached hydrogen (secondary N) is 2. The first-order chi connectivity index (χ1) is 13.1. The van der Waals surface area contributed by atoms with Crippen LogP contribution in [0, 0.1) is 0 Å². The Labute approximate surface area is 160 Å². The fourth-order valence-corrected chi connectivity index (χ4v) is 4.35. The van der Waals surface area contributed by atoms with Gasteiger partial charge in [0.2, 0.25) is 0 Å². The maximum absolute atomic E-state index is 12.8. The van der Waals surface area contributed by atoms with Gasteiger partial charge in [0.05, 0.1) is 13.2 Å². The van der Waals surface area contributed by atoms with Crippen LogP contribution in [0.5, 0.6) is 0 Å². The average molecular weight is 370 g/mol. The molecule has 1 amide bonds. The van der Waals surface area contributed by atoms with Gasteiger partial charge in [-0.3, -0.25) is 4.79 Å². The molecular formula is C21H30N4O2. The monoisotopic (exact) mass is 370 g/mol. The van der Waals surface area contributed by atoms with E-state index in [9.17, 15) is 4.79 Å². The van der Waals surface area contributed by atoms with Crippen molar-refractivity contribution in [2.75, 3.05) is 44.3 Å². The van der Waals surface area contributed by atoms with E-state index in [1.165, 1.54) is 18.5 Å². The SMILES string of the molecule is CC(C)N(c1ccc2[nH]c(C(=O)N3CCOCC3)cc2c1)C1CCNCC1. The zero-order chi connectivity index (χ0) is 18.8. The van der Waals surface area contributed by atoms with Crippen LogP contribution in [0.25, 0.3) is 10.9 Å². The number of benzene rings is 1. The Balaban J connectivity index is 1.60. The van der Waals surface area contributed by atoms with Gasteiger partial charge in [0, 0.05) is 41.8 Å². The van der Waals surface area contributed by atoms with E-state index in [0.29, 0.717) is 44.1 Å². The van der Waals surface area contributed by atoms with E-state index < -0.39 is 0 Å². The third-order valence-electron chi connectivity index (χ3n) is 5.69. The van der Waals surface area contributed by atoms with Crippen molar-refractivity contribution in [3.8, 4) is 0 Å². The molecule has 1 aromatic heterocycles. The molecule has 146 valence electrons. The lowest BCUT2D eigenvalue weighted by Crippen LogP contribution is -2.46. The number of carbonyl (C=O) groups excluding carboxylic acids is 1. The minimum atomic E-state index is 0.0649. The first-order valence-corrected chi connectivity index (χ1v) is 10.1. The Morgan fingerprint density at radius 1 is 1.19 bits per heavy atom. The molecule has 2 aliphatic heterocycles. The summed E-state index contributed by atoms with van der Waals surface area (Å²) in [6.45, 7) is 9.25. The molecule has 6 heteroatoms. The van der Waals surface area contributed by atoms with Gasteiger partial charge < -0.3 is 24.8 Å². The van der Waals surface area contributed by atoms with Crippen molar-refractivity contribution in [2.24, 2.45) is 0 Å². The van der Waals surface area contributed by atoms with Crippen molar-refractivity contribution in [2.45, 2.75) is 38.8 Å². The smallest absolute Gasteiger partial charge is 0.270 e. The van der Waals surface area contributed by atoms with E-state index >= 15 is 0 Å². The number of aromatic nitrogens is 1. The lowest BCUT2D eigenvalue weighted by atomic mass is 10.0. The molecule has 3 heterocycles. The second-order valence-corrected chi connectivity index (χ2v) is 7.84. The Bertz CT molecular complexity index is 789. The molecule has 2 saturated heterocycles. The molecule has 6 nitrogen and oxygen atoms in total. The normalized spacial score (nSPS) is 19.0. The number of hydrogen-bond acceptors (Lipinski definition) is 4. The summed E-state index contributed by atoms with van der Waals surface area (Å²) in [5, 5.41) is 4.55. The van der Waals surface area contributed by atoms with Crippen molar-refractivity contribution < 1.29 is 9.53 Å². The second-order valence-electron chi connectivity index (χ2n) is 7.84. The number of fused-ring (bicyclic) bond motifs is 1. The highest BCUT2D eigenvalue weighted by molar-refractivity contribution is 5.98. The van der Waals surface area contributed by atoms with Crippen molar-refractivity contribution >= 4 is 22.5 Å². The van der Waals surface area contributed by atoms with Crippen molar-refractivity contribution in [3.63, 3.8) is 0 Å². The molecule has 0 atom stereocenters. The van der Waals surface area contributed by atoms with E-state index in [0.717, 1.165) is 24.0 Å². The third kappa shape index (κ3) is 3.82. The Kier molecular flexibility index (Phi) is 5.36. The van der Waals surface area contributed by atoms with Gasteiger partial charge in [-0.25, -0.2) is 0 Å². The van der Waals surface area contributed by atoms with Gasteiger partial charge in [0.25, 0.3) is 5.91 Å². The molecule has 2 aromatic rings. The second kappa shape index (κ2) is 7.90. The number of piperidine rings is 1. The molecule has 0 bridgehead atoms. The van der Waals surface area contributed by atoms with Crippen LogP contribution >= 0.6 is 0 Å². The molecule has 0 spiro atoms. The predicted octanol–water partition coefficient (Wildman–Crippen LogP) is 2.61. The third-order valence-corrected chi connectivity index (χ3v) is 5.69. The van der Waals surface area contributed by atoms with E-state index in [-0.39, 0.29) is 5.91 Å². The number of aromatic amines is 1. The summed E-state index contributed by atoms with van der Waals surface area (Å²) in [6, 6.07) is 9.53. The van der Waals surface area contributed by atoms with E-state index in [1.54, 1.807) is 0 Å². The summed E-state index contributed by atoms with van der Waals surface area (Å²) < 4.78 is 5.35. The van der Waals surface area contributed by atoms with Crippen LogP contribution < -0.4 is 10.2 Å². The fourth-order valence-electron chi connectivity index (χ4n) is 4.35. The number of nitrogens with zero attached hydrogens (tertiary/aromatic N) is 2. The first-order valence-electron chi connectivity index (χ1n) is 10.1. The van der Waals surface area contributed by atoms with Crippen LogP contribution in [0.2, 0.25) is 0 Å². The lowest BCUT2D eigenvalue weighted by molar-refractivity contribution is 0.0299. The molecule has 1 aromatic carbocycles. The molecule has 2 aliphatic rings. The van der Waals surface area contributed by atoms with Crippen LogP contribution in [0.15, 0.2) is 24.3 Å². The molecule has 0 radical (unpaired) electrons.